The lowest BCUT2D eigenvalue weighted by atomic mass is 10.00. The van der Waals surface area contributed by atoms with Crippen LogP contribution in [0.4, 0.5) is 0 Å². The molecule has 0 radical (unpaired) electrons. The number of hydrogen-bond acceptors (Lipinski definition) is 2. The van der Waals surface area contributed by atoms with Crippen molar-refractivity contribution in [3.63, 3.8) is 0 Å². The highest BCUT2D eigenvalue weighted by molar-refractivity contribution is 5.97. The van der Waals surface area contributed by atoms with E-state index in [1.165, 1.54) is 16.3 Å². The Morgan fingerprint density at radius 1 is 0.882 bits per heavy atom. The molecule has 2 aromatic heterocycles. The van der Waals surface area contributed by atoms with Gasteiger partial charge < -0.3 is 0 Å². The van der Waals surface area contributed by atoms with Crippen LogP contribution in [-0.4, -0.2) is 9.97 Å². The average Bonchev–Trinajstić information content (AvgIpc) is 2.41. The monoisotopic (exact) mass is 220 g/mol. The molecule has 0 amide bonds. The van der Waals surface area contributed by atoms with Gasteiger partial charge in [-0.3, -0.25) is 9.97 Å². The molecule has 0 bridgehead atoms. The summed E-state index contributed by atoms with van der Waals surface area (Å²) >= 11 is 0. The molecule has 82 valence electrons. The predicted molar refractivity (Wildman–Crippen MR) is 69.7 cm³/mol. The molecule has 17 heavy (non-hydrogen) atoms. The quantitative estimate of drug-likeness (QED) is 0.626. The number of aromatic nitrogens is 2. The molecule has 0 saturated carbocycles. The molecule has 0 spiro atoms. The predicted octanol–water partition coefficient (Wildman–Crippen LogP) is 3.61. The van der Waals surface area contributed by atoms with E-state index in [9.17, 15) is 0 Å². The van der Waals surface area contributed by atoms with E-state index in [2.05, 4.69) is 29.0 Å². The molecule has 2 nitrogen and oxygen atoms in total. The van der Waals surface area contributed by atoms with Crippen LogP contribution in [0.15, 0.2) is 55.0 Å². The van der Waals surface area contributed by atoms with E-state index in [0.717, 1.165) is 11.3 Å². The zero-order chi connectivity index (χ0) is 11.7. The lowest BCUT2D eigenvalue weighted by molar-refractivity contribution is 1.32. The van der Waals surface area contributed by atoms with Crippen molar-refractivity contribution < 1.29 is 0 Å². The van der Waals surface area contributed by atoms with Crippen molar-refractivity contribution in [3.05, 3.63) is 60.6 Å². The minimum absolute atomic E-state index is 1.00. The molecule has 0 aliphatic carbocycles. The fraction of sp³-hybridized carbons (Fsp3) is 0.0667. The van der Waals surface area contributed by atoms with Crippen molar-refractivity contribution in [3.8, 4) is 11.3 Å². The van der Waals surface area contributed by atoms with Gasteiger partial charge in [-0.25, -0.2) is 0 Å². The van der Waals surface area contributed by atoms with Gasteiger partial charge in [-0.15, -0.1) is 0 Å². The number of pyridine rings is 2. The zero-order valence-corrected chi connectivity index (χ0v) is 9.59. The first-order valence-corrected chi connectivity index (χ1v) is 5.61. The molecule has 1 aromatic carbocycles. The third-order valence-electron chi connectivity index (χ3n) is 2.98. The summed E-state index contributed by atoms with van der Waals surface area (Å²) in [6, 6.07) is 12.3. The molecule has 3 aromatic rings. The topological polar surface area (TPSA) is 25.8 Å². The first-order chi connectivity index (χ1) is 8.36. The Morgan fingerprint density at radius 3 is 2.65 bits per heavy atom. The van der Waals surface area contributed by atoms with Crippen molar-refractivity contribution in [2.24, 2.45) is 0 Å². The third-order valence-corrected chi connectivity index (χ3v) is 2.98. The van der Waals surface area contributed by atoms with Gasteiger partial charge >= 0.3 is 0 Å². The maximum absolute atomic E-state index is 4.41. The molecule has 2 heterocycles. The van der Waals surface area contributed by atoms with Gasteiger partial charge in [-0.2, -0.15) is 0 Å². The number of hydrogen-bond donors (Lipinski definition) is 0. The van der Waals surface area contributed by atoms with E-state index in [1.54, 1.807) is 0 Å². The zero-order valence-electron chi connectivity index (χ0n) is 9.59. The molecule has 0 fully saturated rings. The number of rotatable bonds is 1. The number of aryl methyl sites for hydroxylation is 1. The molecular formula is C15H12N2. The van der Waals surface area contributed by atoms with Gasteiger partial charge in [0.15, 0.2) is 0 Å². The summed E-state index contributed by atoms with van der Waals surface area (Å²) in [5.41, 5.74) is 3.41. The largest absolute Gasteiger partial charge is 0.264 e. The fourth-order valence-corrected chi connectivity index (χ4v) is 2.08. The summed E-state index contributed by atoms with van der Waals surface area (Å²) in [6.45, 7) is 2.10. The van der Waals surface area contributed by atoms with Crippen LogP contribution < -0.4 is 0 Å². The molecule has 0 N–H and O–H groups in total. The van der Waals surface area contributed by atoms with Gasteiger partial charge in [0.2, 0.25) is 0 Å². The lowest BCUT2D eigenvalue weighted by Gasteiger charge is -2.07. The van der Waals surface area contributed by atoms with Crippen LogP contribution in [-0.2, 0) is 0 Å². The Morgan fingerprint density at radius 2 is 1.82 bits per heavy atom. The van der Waals surface area contributed by atoms with Gasteiger partial charge in [0, 0.05) is 29.5 Å². The minimum atomic E-state index is 1.00. The molecule has 0 aliphatic heterocycles. The van der Waals surface area contributed by atoms with Gasteiger partial charge in [0.25, 0.3) is 0 Å². The third kappa shape index (κ3) is 1.68. The van der Waals surface area contributed by atoms with Crippen LogP contribution in [0.1, 0.15) is 5.56 Å². The normalized spacial score (nSPS) is 10.6. The fourth-order valence-electron chi connectivity index (χ4n) is 2.08. The SMILES string of the molecule is Cc1ccc(-c2ccccn2)c2ccncc12. The van der Waals surface area contributed by atoms with Crippen LogP contribution in [0, 0.1) is 6.92 Å². The maximum atomic E-state index is 4.41. The van der Waals surface area contributed by atoms with Gasteiger partial charge in [0.05, 0.1) is 5.69 Å². The van der Waals surface area contributed by atoms with Gasteiger partial charge in [-0.05, 0) is 36.1 Å². The Kier molecular flexibility index (Phi) is 2.33. The standard InChI is InChI=1S/C15H12N2/c1-11-5-6-13(15-4-2-3-8-17-15)12-7-9-16-10-14(11)12/h2-10H,1H3. The van der Waals surface area contributed by atoms with E-state index in [4.69, 9.17) is 0 Å². The number of nitrogens with zero attached hydrogens (tertiary/aromatic N) is 2. The van der Waals surface area contributed by atoms with Gasteiger partial charge in [-0.1, -0.05) is 18.2 Å². The second kappa shape index (κ2) is 3.98. The molecule has 0 unspecified atom stereocenters. The second-order valence-electron chi connectivity index (χ2n) is 4.07. The summed E-state index contributed by atoms with van der Waals surface area (Å²) < 4.78 is 0. The van der Waals surface area contributed by atoms with Crippen molar-refractivity contribution in [2.75, 3.05) is 0 Å². The van der Waals surface area contributed by atoms with Crippen molar-refractivity contribution >= 4 is 10.8 Å². The van der Waals surface area contributed by atoms with Crippen molar-refractivity contribution in [1.29, 1.82) is 0 Å². The first kappa shape index (κ1) is 9.97. The number of benzene rings is 1. The van der Waals surface area contributed by atoms with Gasteiger partial charge in [0.1, 0.15) is 0 Å². The summed E-state index contributed by atoms with van der Waals surface area (Å²) in [4.78, 5) is 8.60. The van der Waals surface area contributed by atoms with Crippen molar-refractivity contribution in [2.45, 2.75) is 6.92 Å². The smallest absolute Gasteiger partial charge is 0.0708 e. The molecule has 2 heteroatoms. The van der Waals surface area contributed by atoms with Crippen LogP contribution in [0.3, 0.4) is 0 Å². The van der Waals surface area contributed by atoms with E-state index < -0.39 is 0 Å². The Balaban J connectivity index is 2.35. The first-order valence-electron chi connectivity index (χ1n) is 5.61. The Labute approximate surface area is 100.0 Å². The van der Waals surface area contributed by atoms with Crippen LogP contribution in [0.25, 0.3) is 22.0 Å². The van der Waals surface area contributed by atoms with E-state index >= 15 is 0 Å². The summed E-state index contributed by atoms with van der Waals surface area (Å²) in [5, 5.41) is 2.40. The second-order valence-corrected chi connectivity index (χ2v) is 4.07. The summed E-state index contributed by atoms with van der Waals surface area (Å²) in [7, 11) is 0. The average molecular weight is 220 g/mol. The van der Waals surface area contributed by atoms with Crippen molar-refractivity contribution in [1.82, 2.24) is 9.97 Å². The Hall–Kier alpha value is -2.22. The highest BCUT2D eigenvalue weighted by Crippen LogP contribution is 2.28. The highest BCUT2D eigenvalue weighted by Gasteiger charge is 2.05. The van der Waals surface area contributed by atoms with E-state index in [1.807, 2.05) is 42.9 Å². The van der Waals surface area contributed by atoms with E-state index in [0.29, 0.717) is 0 Å². The molecule has 0 atom stereocenters. The van der Waals surface area contributed by atoms with Crippen LogP contribution >= 0.6 is 0 Å². The maximum Gasteiger partial charge on any atom is 0.0708 e. The Bertz CT molecular complexity index is 660. The van der Waals surface area contributed by atoms with E-state index in [-0.39, 0.29) is 0 Å². The van der Waals surface area contributed by atoms with Crippen LogP contribution in [0.2, 0.25) is 0 Å². The highest BCUT2D eigenvalue weighted by atomic mass is 14.7. The summed E-state index contributed by atoms with van der Waals surface area (Å²) in [6.07, 6.45) is 5.56. The molecule has 3 rings (SSSR count). The lowest BCUT2D eigenvalue weighted by Crippen LogP contribution is -1.87. The molecular weight excluding hydrogens is 208 g/mol. The minimum Gasteiger partial charge on any atom is -0.264 e. The number of fused-ring (bicyclic) bond motifs is 1. The van der Waals surface area contributed by atoms with Crippen LogP contribution in [0.5, 0.6) is 0 Å². The summed E-state index contributed by atoms with van der Waals surface area (Å²) in [5.74, 6) is 0. The molecule has 0 saturated heterocycles. The molecule has 0 aliphatic rings.